The molecular formula is C14H14O3. The van der Waals surface area contributed by atoms with Gasteiger partial charge in [-0.05, 0) is 23.8 Å². The van der Waals surface area contributed by atoms with Crippen LogP contribution in [0.1, 0.15) is 25.0 Å². The zero-order valence-corrected chi connectivity index (χ0v) is 9.55. The second-order valence-corrected chi connectivity index (χ2v) is 4.14. The van der Waals surface area contributed by atoms with Gasteiger partial charge in [-0.2, -0.15) is 0 Å². The first-order chi connectivity index (χ1) is 8.09. The lowest BCUT2D eigenvalue weighted by atomic mass is 9.97. The van der Waals surface area contributed by atoms with Crippen molar-refractivity contribution in [2.45, 2.75) is 19.4 Å². The molecule has 0 radical (unpaired) electrons. The van der Waals surface area contributed by atoms with Gasteiger partial charge >= 0.3 is 0 Å². The topological polar surface area (TPSA) is 57.5 Å². The summed E-state index contributed by atoms with van der Waals surface area (Å²) in [5.41, 5.74) is 0.429. The highest BCUT2D eigenvalue weighted by Gasteiger charge is 2.17. The average Bonchev–Trinajstić information content (AvgIpc) is 2.27. The van der Waals surface area contributed by atoms with E-state index in [4.69, 9.17) is 0 Å². The van der Waals surface area contributed by atoms with E-state index < -0.39 is 6.10 Å². The van der Waals surface area contributed by atoms with Crippen LogP contribution in [0.5, 0.6) is 5.75 Å². The van der Waals surface area contributed by atoms with Crippen LogP contribution in [0.25, 0.3) is 10.8 Å². The van der Waals surface area contributed by atoms with Crippen LogP contribution < -0.4 is 0 Å². The quantitative estimate of drug-likeness (QED) is 0.852. The lowest BCUT2D eigenvalue weighted by Crippen LogP contribution is -2.04. The molecule has 0 bridgehead atoms. The summed E-state index contributed by atoms with van der Waals surface area (Å²) in [6, 6.07) is 10.8. The Morgan fingerprint density at radius 3 is 2.65 bits per heavy atom. The van der Waals surface area contributed by atoms with Gasteiger partial charge in [-0.25, -0.2) is 0 Å². The standard InChI is InChI=1S/C14H14O3/c1-9(15)8-13(17)14-11-5-3-2-4-10(11)6-7-12(14)16/h2-7,13,16-17H,8H2,1H3/t13-/m1/s1. The van der Waals surface area contributed by atoms with Crippen LogP contribution in [-0.4, -0.2) is 16.0 Å². The maximum Gasteiger partial charge on any atom is 0.132 e. The Hall–Kier alpha value is -1.87. The molecule has 0 aliphatic rings. The minimum Gasteiger partial charge on any atom is -0.508 e. The summed E-state index contributed by atoms with van der Waals surface area (Å²) in [5, 5.41) is 21.5. The number of hydrogen-bond acceptors (Lipinski definition) is 3. The number of carbonyl (C=O) groups is 1. The third-order valence-electron chi connectivity index (χ3n) is 2.76. The summed E-state index contributed by atoms with van der Waals surface area (Å²) in [5.74, 6) is -0.0812. The molecule has 0 saturated carbocycles. The number of fused-ring (bicyclic) bond motifs is 1. The molecule has 88 valence electrons. The maximum atomic E-state index is 11.0. The van der Waals surface area contributed by atoms with E-state index in [1.807, 2.05) is 24.3 Å². The normalized spacial score (nSPS) is 12.6. The van der Waals surface area contributed by atoms with Gasteiger partial charge in [0, 0.05) is 12.0 Å². The van der Waals surface area contributed by atoms with Gasteiger partial charge in [0.05, 0.1) is 6.10 Å². The smallest absolute Gasteiger partial charge is 0.132 e. The van der Waals surface area contributed by atoms with Gasteiger partial charge in [0.25, 0.3) is 0 Å². The lowest BCUT2D eigenvalue weighted by Gasteiger charge is -2.14. The fourth-order valence-corrected chi connectivity index (χ4v) is 2.01. The summed E-state index contributed by atoms with van der Waals surface area (Å²) in [6.07, 6.45) is -0.944. The maximum absolute atomic E-state index is 11.0. The number of aromatic hydroxyl groups is 1. The van der Waals surface area contributed by atoms with Crippen molar-refractivity contribution >= 4 is 16.6 Å². The highest BCUT2D eigenvalue weighted by Crippen LogP contribution is 2.33. The molecule has 0 fully saturated rings. The molecule has 0 aromatic heterocycles. The van der Waals surface area contributed by atoms with Crippen LogP contribution in [0, 0.1) is 0 Å². The van der Waals surface area contributed by atoms with E-state index in [2.05, 4.69) is 0 Å². The number of aliphatic hydroxyl groups excluding tert-OH is 1. The predicted molar refractivity (Wildman–Crippen MR) is 65.9 cm³/mol. The number of carbonyl (C=O) groups excluding carboxylic acids is 1. The first kappa shape index (κ1) is 11.6. The van der Waals surface area contributed by atoms with Gasteiger partial charge in [-0.3, -0.25) is 4.79 Å². The summed E-state index contributed by atoms with van der Waals surface area (Å²) in [6.45, 7) is 1.42. The summed E-state index contributed by atoms with van der Waals surface area (Å²) < 4.78 is 0. The third-order valence-corrected chi connectivity index (χ3v) is 2.76. The molecule has 2 rings (SSSR count). The number of phenolic OH excluding ortho intramolecular Hbond substituents is 1. The van der Waals surface area contributed by atoms with Crippen molar-refractivity contribution in [3.63, 3.8) is 0 Å². The molecule has 0 spiro atoms. The molecule has 0 heterocycles. The fraction of sp³-hybridized carbons (Fsp3) is 0.214. The van der Waals surface area contributed by atoms with Crippen molar-refractivity contribution in [2.24, 2.45) is 0 Å². The largest absolute Gasteiger partial charge is 0.508 e. The Balaban J connectivity index is 2.58. The molecule has 0 unspecified atom stereocenters. The minimum atomic E-state index is -0.960. The number of rotatable bonds is 3. The molecule has 3 nitrogen and oxygen atoms in total. The van der Waals surface area contributed by atoms with Gasteiger partial charge in [0.15, 0.2) is 0 Å². The van der Waals surface area contributed by atoms with Gasteiger partial charge in [-0.15, -0.1) is 0 Å². The van der Waals surface area contributed by atoms with Crippen molar-refractivity contribution in [2.75, 3.05) is 0 Å². The Kier molecular flexibility index (Phi) is 3.11. The third kappa shape index (κ3) is 2.29. The number of benzene rings is 2. The first-order valence-corrected chi connectivity index (χ1v) is 5.47. The number of Topliss-reactive ketones (excluding diaryl/α,β-unsaturated/α-hetero) is 1. The van der Waals surface area contributed by atoms with E-state index >= 15 is 0 Å². The Morgan fingerprint density at radius 1 is 1.24 bits per heavy atom. The van der Waals surface area contributed by atoms with Crippen molar-refractivity contribution in [3.8, 4) is 5.75 Å². The van der Waals surface area contributed by atoms with Crippen LogP contribution in [0.2, 0.25) is 0 Å². The molecule has 2 N–H and O–H groups in total. The molecule has 17 heavy (non-hydrogen) atoms. The molecule has 1 atom stereocenters. The summed E-state index contributed by atoms with van der Waals surface area (Å²) in [7, 11) is 0. The summed E-state index contributed by atoms with van der Waals surface area (Å²) >= 11 is 0. The molecule has 2 aromatic carbocycles. The predicted octanol–water partition coefficient (Wildman–Crippen LogP) is 2.56. The number of phenols is 1. The average molecular weight is 230 g/mol. The first-order valence-electron chi connectivity index (χ1n) is 5.47. The van der Waals surface area contributed by atoms with E-state index in [0.717, 1.165) is 10.8 Å². The SMILES string of the molecule is CC(=O)C[C@@H](O)c1c(O)ccc2ccccc12. The van der Waals surface area contributed by atoms with E-state index in [1.165, 1.54) is 6.92 Å². The van der Waals surface area contributed by atoms with Crippen LogP contribution in [0.3, 0.4) is 0 Å². The van der Waals surface area contributed by atoms with Crippen LogP contribution >= 0.6 is 0 Å². The van der Waals surface area contributed by atoms with Crippen molar-refractivity contribution in [1.29, 1.82) is 0 Å². The van der Waals surface area contributed by atoms with Crippen molar-refractivity contribution < 1.29 is 15.0 Å². The number of ketones is 1. The van der Waals surface area contributed by atoms with E-state index in [9.17, 15) is 15.0 Å². The summed E-state index contributed by atoms with van der Waals surface area (Å²) in [4.78, 5) is 11.0. The molecule has 0 aliphatic carbocycles. The second-order valence-electron chi connectivity index (χ2n) is 4.14. The van der Waals surface area contributed by atoms with Gasteiger partial charge in [0.1, 0.15) is 11.5 Å². The van der Waals surface area contributed by atoms with E-state index in [-0.39, 0.29) is 18.0 Å². The fourth-order valence-electron chi connectivity index (χ4n) is 2.01. The molecular weight excluding hydrogens is 216 g/mol. The zero-order chi connectivity index (χ0) is 12.4. The van der Waals surface area contributed by atoms with Crippen LogP contribution in [-0.2, 0) is 4.79 Å². The highest BCUT2D eigenvalue weighted by atomic mass is 16.3. The Labute approximate surface area is 99.3 Å². The molecule has 3 heteroatoms. The Bertz CT molecular complexity index is 560. The monoisotopic (exact) mass is 230 g/mol. The van der Waals surface area contributed by atoms with E-state index in [0.29, 0.717) is 5.56 Å². The molecule has 0 saturated heterocycles. The van der Waals surface area contributed by atoms with Crippen LogP contribution in [0.15, 0.2) is 36.4 Å². The number of aliphatic hydroxyl groups is 1. The van der Waals surface area contributed by atoms with Crippen molar-refractivity contribution in [3.05, 3.63) is 42.0 Å². The minimum absolute atomic E-state index is 0.0154. The Morgan fingerprint density at radius 2 is 1.94 bits per heavy atom. The van der Waals surface area contributed by atoms with Gasteiger partial charge in [0.2, 0.25) is 0 Å². The zero-order valence-electron chi connectivity index (χ0n) is 9.55. The number of hydrogen-bond donors (Lipinski definition) is 2. The van der Waals surface area contributed by atoms with E-state index in [1.54, 1.807) is 12.1 Å². The van der Waals surface area contributed by atoms with Gasteiger partial charge < -0.3 is 10.2 Å². The molecule has 2 aromatic rings. The van der Waals surface area contributed by atoms with Crippen LogP contribution in [0.4, 0.5) is 0 Å². The van der Waals surface area contributed by atoms with Crippen molar-refractivity contribution in [1.82, 2.24) is 0 Å². The second kappa shape index (κ2) is 4.55. The molecule has 0 aliphatic heterocycles. The molecule has 0 amide bonds. The lowest BCUT2D eigenvalue weighted by molar-refractivity contribution is -0.118. The highest BCUT2D eigenvalue weighted by molar-refractivity contribution is 5.88. The van der Waals surface area contributed by atoms with Gasteiger partial charge in [-0.1, -0.05) is 30.3 Å².